The highest BCUT2D eigenvalue weighted by Gasteiger charge is 2.20. The minimum absolute atomic E-state index is 0. The number of rotatable bonds is 2. The van der Waals surface area contributed by atoms with Crippen LogP contribution in [0.2, 0.25) is 0 Å². The van der Waals surface area contributed by atoms with E-state index in [2.05, 4.69) is 5.32 Å². The van der Waals surface area contributed by atoms with Gasteiger partial charge in [-0.3, -0.25) is 0 Å². The van der Waals surface area contributed by atoms with Crippen LogP contribution in [0.5, 0.6) is 5.75 Å². The second kappa shape index (κ2) is 6.06. The summed E-state index contributed by atoms with van der Waals surface area (Å²) in [4.78, 5) is 0. The lowest BCUT2D eigenvalue weighted by molar-refractivity contribution is 0.368. The second-order valence-electron chi connectivity index (χ2n) is 3.89. The largest absolute Gasteiger partial charge is 0.493 e. The Morgan fingerprint density at radius 2 is 2.00 bits per heavy atom. The molecule has 0 unspecified atom stereocenters. The molecular weight excluding hydrogens is 229 g/mol. The quantitative estimate of drug-likeness (QED) is 0.865. The number of hydrogen-bond donors (Lipinski definition) is 1. The molecule has 1 aromatic carbocycles. The maximum Gasteiger partial charge on any atom is 0.165 e. The van der Waals surface area contributed by atoms with Crippen LogP contribution in [0.4, 0.5) is 4.39 Å². The van der Waals surface area contributed by atoms with Crippen LogP contribution in [0.15, 0.2) is 18.2 Å². The highest BCUT2D eigenvalue weighted by Crippen LogP contribution is 2.33. The molecule has 0 bridgehead atoms. The van der Waals surface area contributed by atoms with E-state index in [0.29, 0.717) is 11.7 Å². The fourth-order valence-electron chi connectivity index (χ4n) is 2.20. The molecule has 0 spiro atoms. The number of nitrogens with one attached hydrogen (secondary N) is 1. The van der Waals surface area contributed by atoms with Gasteiger partial charge in [0.25, 0.3) is 0 Å². The first-order valence-electron chi connectivity index (χ1n) is 5.36. The van der Waals surface area contributed by atoms with Gasteiger partial charge in [-0.05, 0) is 37.9 Å². The van der Waals surface area contributed by atoms with Crippen molar-refractivity contribution in [2.75, 3.05) is 20.2 Å². The maximum atomic E-state index is 13.5. The molecule has 0 atom stereocenters. The van der Waals surface area contributed by atoms with Crippen LogP contribution >= 0.6 is 12.4 Å². The molecular formula is C12H17ClFNO. The average Bonchev–Trinajstić information content (AvgIpc) is 2.30. The first-order chi connectivity index (χ1) is 7.33. The Kier molecular flexibility index (Phi) is 5.03. The number of benzene rings is 1. The van der Waals surface area contributed by atoms with Gasteiger partial charge in [-0.25, -0.2) is 4.39 Å². The molecule has 0 aliphatic carbocycles. The van der Waals surface area contributed by atoms with Gasteiger partial charge in [-0.15, -0.1) is 12.4 Å². The van der Waals surface area contributed by atoms with Gasteiger partial charge in [0, 0.05) is 5.56 Å². The van der Waals surface area contributed by atoms with Crippen LogP contribution in [-0.2, 0) is 0 Å². The zero-order valence-corrected chi connectivity index (χ0v) is 10.1. The monoisotopic (exact) mass is 245 g/mol. The molecule has 1 N–H and O–H groups in total. The molecule has 4 heteroatoms. The fourth-order valence-corrected chi connectivity index (χ4v) is 2.20. The number of piperidine rings is 1. The zero-order chi connectivity index (χ0) is 10.7. The molecule has 1 saturated heterocycles. The molecule has 0 radical (unpaired) electrons. The summed E-state index contributed by atoms with van der Waals surface area (Å²) >= 11 is 0. The van der Waals surface area contributed by atoms with Gasteiger partial charge >= 0.3 is 0 Å². The third-order valence-electron chi connectivity index (χ3n) is 2.98. The van der Waals surface area contributed by atoms with E-state index < -0.39 is 0 Å². The molecule has 0 saturated carbocycles. The smallest absolute Gasteiger partial charge is 0.165 e. The van der Waals surface area contributed by atoms with Gasteiger partial charge in [-0.1, -0.05) is 12.1 Å². The summed E-state index contributed by atoms with van der Waals surface area (Å²) in [6.07, 6.45) is 2.11. The van der Waals surface area contributed by atoms with Crippen molar-refractivity contribution in [1.82, 2.24) is 5.32 Å². The van der Waals surface area contributed by atoms with Crippen LogP contribution < -0.4 is 10.1 Å². The van der Waals surface area contributed by atoms with E-state index in [-0.39, 0.29) is 18.2 Å². The average molecular weight is 246 g/mol. The number of para-hydroxylation sites is 1. The Morgan fingerprint density at radius 3 is 2.62 bits per heavy atom. The number of hydrogen-bond acceptors (Lipinski definition) is 2. The fraction of sp³-hybridized carbons (Fsp3) is 0.500. The van der Waals surface area contributed by atoms with Crippen molar-refractivity contribution >= 4 is 12.4 Å². The van der Waals surface area contributed by atoms with Crippen LogP contribution in [0.25, 0.3) is 0 Å². The third-order valence-corrected chi connectivity index (χ3v) is 2.98. The summed E-state index contributed by atoms with van der Waals surface area (Å²) in [5, 5.41) is 3.30. The predicted octanol–water partition coefficient (Wildman–Crippen LogP) is 2.72. The minimum Gasteiger partial charge on any atom is -0.493 e. The van der Waals surface area contributed by atoms with Crippen molar-refractivity contribution in [3.63, 3.8) is 0 Å². The lowest BCUT2D eigenvalue weighted by atomic mass is 9.89. The van der Waals surface area contributed by atoms with Crippen LogP contribution in [0.3, 0.4) is 0 Å². The van der Waals surface area contributed by atoms with Crippen LogP contribution in [0, 0.1) is 5.82 Å². The summed E-state index contributed by atoms with van der Waals surface area (Å²) in [6, 6.07) is 5.18. The van der Waals surface area contributed by atoms with E-state index >= 15 is 0 Å². The molecule has 0 aromatic heterocycles. The number of halogens is 2. The maximum absolute atomic E-state index is 13.5. The summed E-state index contributed by atoms with van der Waals surface area (Å²) in [7, 11) is 1.53. The normalized spacial score (nSPS) is 16.6. The Balaban J connectivity index is 0.00000128. The van der Waals surface area contributed by atoms with Crippen LogP contribution in [-0.4, -0.2) is 20.2 Å². The van der Waals surface area contributed by atoms with Gasteiger partial charge in [0.2, 0.25) is 0 Å². The molecule has 1 aromatic rings. The molecule has 1 heterocycles. The topological polar surface area (TPSA) is 21.3 Å². The summed E-state index contributed by atoms with van der Waals surface area (Å²) in [6.45, 7) is 2.01. The Bertz CT molecular complexity index is 340. The van der Waals surface area contributed by atoms with E-state index in [1.807, 2.05) is 6.07 Å². The highest BCUT2D eigenvalue weighted by atomic mass is 35.5. The van der Waals surface area contributed by atoms with E-state index in [1.165, 1.54) is 13.2 Å². The standard InChI is InChI=1S/C12H16FNO.ClH/c1-15-12-10(3-2-4-11(12)13)9-5-7-14-8-6-9;/h2-4,9,14H,5-8H2,1H3;1H. The molecule has 16 heavy (non-hydrogen) atoms. The van der Waals surface area contributed by atoms with Crippen LogP contribution in [0.1, 0.15) is 24.3 Å². The van der Waals surface area contributed by atoms with Gasteiger partial charge in [-0.2, -0.15) is 0 Å². The Morgan fingerprint density at radius 1 is 1.31 bits per heavy atom. The lowest BCUT2D eigenvalue weighted by Gasteiger charge is -2.24. The molecule has 0 amide bonds. The van der Waals surface area contributed by atoms with Crippen molar-refractivity contribution in [3.05, 3.63) is 29.6 Å². The highest BCUT2D eigenvalue weighted by molar-refractivity contribution is 5.85. The van der Waals surface area contributed by atoms with E-state index in [1.54, 1.807) is 6.07 Å². The van der Waals surface area contributed by atoms with Crippen molar-refractivity contribution in [2.24, 2.45) is 0 Å². The summed E-state index contributed by atoms with van der Waals surface area (Å²) in [5.41, 5.74) is 1.01. The van der Waals surface area contributed by atoms with Crippen molar-refractivity contribution in [3.8, 4) is 5.75 Å². The third kappa shape index (κ3) is 2.66. The molecule has 1 aliphatic rings. The summed E-state index contributed by atoms with van der Waals surface area (Å²) in [5.74, 6) is 0.592. The predicted molar refractivity (Wildman–Crippen MR) is 65.0 cm³/mol. The lowest BCUT2D eigenvalue weighted by Crippen LogP contribution is -2.26. The van der Waals surface area contributed by atoms with Gasteiger partial charge in [0.15, 0.2) is 11.6 Å². The van der Waals surface area contributed by atoms with Gasteiger partial charge < -0.3 is 10.1 Å². The first-order valence-corrected chi connectivity index (χ1v) is 5.36. The minimum atomic E-state index is -0.256. The van der Waals surface area contributed by atoms with Crippen molar-refractivity contribution in [2.45, 2.75) is 18.8 Å². The number of ether oxygens (including phenoxy) is 1. The molecule has 1 fully saturated rings. The van der Waals surface area contributed by atoms with E-state index in [4.69, 9.17) is 4.74 Å². The molecule has 90 valence electrons. The van der Waals surface area contributed by atoms with E-state index in [9.17, 15) is 4.39 Å². The van der Waals surface area contributed by atoms with Crippen molar-refractivity contribution in [1.29, 1.82) is 0 Å². The van der Waals surface area contributed by atoms with Gasteiger partial charge in [0.05, 0.1) is 7.11 Å². The van der Waals surface area contributed by atoms with E-state index in [0.717, 1.165) is 31.5 Å². The zero-order valence-electron chi connectivity index (χ0n) is 9.33. The Labute approximate surface area is 102 Å². The number of methoxy groups -OCH3 is 1. The SMILES string of the molecule is COc1c(F)cccc1C1CCNCC1.Cl. The van der Waals surface area contributed by atoms with Crippen molar-refractivity contribution < 1.29 is 9.13 Å². The second-order valence-corrected chi connectivity index (χ2v) is 3.89. The summed E-state index contributed by atoms with van der Waals surface area (Å²) < 4.78 is 18.6. The first kappa shape index (κ1) is 13.3. The molecule has 2 rings (SSSR count). The Hall–Kier alpha value is -0.800. The molecule has 1 aliphatic heterocycles. The van der Waals surface area contributed by atoms with Gasteiger partial charge in [0.1, 0.15) is 0 Å². The molecule has 2 nitrogen and oxygen atoms in total.